The average Bonchev–Trinajstić information content (AvgIpc) is 2.51. The van der Waals surface area contributed by atoms with Crippen LogP contribution in [0, 0.1) is 3.57 Å². The van der Waals surface area contributed by atoms with Gasteiger partial charge in [-0.3, -0.25) is 5.84 Å². The predicted molar refractivity (Wildman–Crippen MR) is 90.8 cm³/mol. The molecule has 110 valence electrons. The van der Waals surface area contributed by atoms with Crippen molar-refractivity contribution < 1.29 is 9.47 Å². The lowest BCUT2D eigenvalue weighted by molar-refractivity contribution is 0.171. The zero-order valence-electron chi connectivity index (χ0n) is 11.1. The van der Waals surface area contributed by atoms with Crippen molar-refractivity contribution in [3.8, 4) is 11.5 Å². The molecule has 1 aliphatic rings. The van der Waals surface area contributed by atoms with Crippen LogP contribution >= 0.6 is 34.2 Å². The summed E-state index contributed by atoms with van der Waals surface area (Å²) in [5.41, 5.74) is 4.83. The van der Waals surface area contributed by atoms with Crippen LogP contribution in [0.25, 0.3) is 0 Å². The van der Waals surface area contributed by atoms with Gasteiger partial charge in [-0.15, -0.1) is 0 Å². The topological polar surface area (TPSA) is 56.5 Å². The Morgan fingerprint density at radius 3 is 2.43 bits per heavy atom. The molecule has 0 aromatic heterocycles. The highest BCUT2D eigenvalue weighted by atomic mass is 127. The Labute approximate surface area is 141 Å². The van der Waals surface area contributed by atoms with E-state index in [4.69, 9.17) is 26.9 Å². The van der Waals surface area contributed by atoms with E-state index in [1.54, 1.807) is 0 Å². The van der Waals surface area contributed by atoms with Crippen LogP contribution in [0.2, 0.25) is 5.02 Å². The standard InChI is InChI=1S/C15H14ClIN2O2/c16-11-7-9(1-3-12(11)17)15(19-18)10-2-4-13-14(8-10)21-6-5-20-13/h1-4,7-8,15,19H,5-6,18H2. The van der Waals surface area contributed by atoms with Crippen molar-refractivity contribution in [2.75, 3.05) is 13.2 Å². The molecule has 3 N–H and O–H groups in total. The second-order valence-corrected chi connectivity index (χ2v) is 6.25. The van der Waals surface area contributed by atoms with E-state index in [1.165, 1.54) is 0 Å². The maximum absolute atomic E-state index is 6.20. The third-order valence-electron chi connectivity index (χ3n) is 3.34. The van der Waals surface area contributed by atoms with E-state index in [0.717, 1.165) is 26.2 Å². The molecule has 1 unspecified atom stereocenters. The molecule has 2 aromatic rings. The van der Waals surface area contributed by atoms with Gasteiger partial charge in [0.05, 0.1) is 11.1 Å². The molecule has 0 amide bonds. The second kappa shape index (κ2) is 6.39. The summed E-state index contributed by atoms with van der Waals surface area (Å²) in [4.78, 5) is 0. The molecular weight excluding hydrogens is 403 g/mol. The normalized spacial score (nSPS) is 14.8. The van der Waals surface area contributed by atoms with Gasteiger partial charge in [-0.1, -0.05) is 23.7 Å². The summed E-state index contributed by atoms with van der Waals surface area (Å²) in [5.74, 6) is 7.25. The second-order valence-electron chi connectivity index (χ2n) is 4.68. The zero-order valence-corrected chi connectivity index (χ0v) is 14.0. The maximum Gasteiger partial charge on any atom is 0.161 e. The first-order chi connectivity index (χ1) is 10.2. The smallest absolute Gasteiger partial charge is 0.161 e. The van der Waals surface area contributed by atoms with Gasteiger partial charge in [0.15, 0.2) is 11.5 Å². The first-order valence-electron chi connectivity index (χ1n) is 6.49. The lowest BCUT2D eigenvalue weighted by Crippen LogP contribution is -2.29. The van der Waals surface area contributed by atoms with Crippen molar-refractivity contribution in [3.63, 3.8) is 0 Å². The number of nitrogens with one attached hydrogen (secondary N) is 1. The highest BCUT2D eigenvalue weighted by Crippen LogP contribution is 2.34. The SMILES string of the molecule is NNC(c1ccc(I)c(Cl)c1)c1ccc2c(c1)OCCO2. The van der Waals surface area contributed by atoms with Crippen LogP contribution in [0.1, 0.15) is 17.2 Å². The minimum atomic E-state index is -0.157. The van der Waals surface area contributed by atoms with E-state index < -0.39 is 0 Å². The zero-order chi connectivity index (χ0) is 14.8. The molecule has 0 fully saturated rings. The van der Waals surface area contributed by atoms with E-state index in [1.807, 2.05) is 36.4 Å². The van der Waals surface area contributed by atoms with Gasteiger partial charge in [-0.05, 0) is 58.0 Å². The van der Waals surface area contributed by atoms with Gasteiger partial charge in [0.2, 0.25) is 0 Å². The van der Waals surface area contributed by atoms with E-state index in [0.29, 0.717) is 18.2 Å². The monoisotopic (exact) mass is 416 g/mol. The van der Waals surface area contributed by atoms with Crippen molar-refractivity contribution in [2.24, 2.45) is 5.84 Å². The Morgan fingerprint density at radius 2 is 1.71 bits per heavy atom. The van der Waals surface area contributed by atoms with Crippen LogP contribution in [0.5, 0.6) is 11.5 Å². The Morgan fingerprint density at radius 1 is 1.05 bits per heavy atom. The predicted octanol–water partition coefficient (Wildman–Crippen LogP) is 3.27. The van der Waals surface area contributed by atoms with Crippen LogP contribution in [0.15, 0.2) is 36.4 Å². The lowest BCUT2D eigenvalue weighted by Gasteiger charge is -2.22. The van der Waals surface area contributed by atoms with Crippen molar-refractivity contribution in [2.45, 2.75) is 6.04 Å². The first-order valence-corrected chi connectivity index (χ1v) is 7.95. The van der Waals surface area contributed by atoms with Crippen LogP contribution in [-0.4, -0.2) is 13.2 Å². The number of ether oxygens (including phenoxy) is 2. The Bertz CT molecular complexity index is 666. The summed E-state index contributed by atoms with van der Waals surface area (Å²) in [7, 11) is 0. The molecular formula is C15H14ClIN2O2. The van der Waals surface area contributed by atoms with Gasteiger partial charge in [0, 0.05) is 3.57 Å². The lowest BCUT2D eigenvalue weighted by atomic mass is 9.99. The number of rotatable bonds is 3. The summed E-state index contributed by atoms with van der Waals surface area (Å²) < 4.78 is 12.2. The number of nitrogens with two attached hydrogens (primary N) is 1. The van der Waals surface area contributed by atoms with Gasteiger partial charge >= 0.3 is 0 Å². The fourth-order valence-corrected chi connectivity index (χ4v) is 2.84. The van der Waals surface area contributed by atoms with Gasteiger partial charge in [-0.25, -0.2) is 5.43 Å². The molecule has 0 saturated heterocycles. The number of halogens is 2. The third kappa shape index (κ3) is 3.11. The number of hydrazine groups is 1. The summed E-state index contributed by atoms with van der Waals surface area (Å²) in [5, 5.41) is 0.714. The van der Waals surface area contributed by atoms with Crippen LogP contribution in [0.3, 0.4) is 0 Å². The number of benzene rings is 2. The van der Waals surface area contributed by atoms with Crippen molar-refractivity contribution >= 4 is 34.2 Å². The molecule has 2 aromatic carbocycles. The molecule has 0 saturated carbocycles. The average molecular weight is 417 g/mol. The van der Waals surface area contributed by atoms with Gasteiger partial charge in [-0.2, -0.15) is 0 Å². The van der Waals surface area contributed by atoms with Crippen molar-refractivity contribution in [1.82, 2.24) is 5.43 Å². The fourth-order valence-electron chi connectivity index (χ4n) is 2.32. The maximum atomic E-state index is 6.20. The quantitative estimate of drug-likeness (QED) is 0.458. The van der Waals surface area contributed by atoms with Crippen LogP contribution < -0.4 is 20.7 Å². The Hall–Kier alpha value is -1.02. The molecule has 1 aliphatic heterocycles. The van der Waals surface area contributed by atoms with Gasteiger partial charge in [0.25, 0.3) is 0 Å². The molecule has 0 bridgehead atoms. The van der Waals surface area contributed by atoms with Crippen LogP contribution in [-0.2, 0) is 0 Å². The van der Waals surface area contributed by atoms with E-state index >= 15 is 0 Å². The molecule has 0 spiro atoms. The molecule has 1 atom stereocenters. The van der Waals surface area contributed by atoms with Crippen LogP contribution in [0.4, 0.5) is 0 Å². The van der Waals surface area contributed by atoms with Gasteiger partial charge < -0.3 is 9.47 Å². The minimum absolute atomic E-state index is 0.157. The largest absolute Gasteiger partial charge is 0.486 e. The van der Waals surface area contributed by atoms with Crippen molar-refractivity contribution in [1.29, 1.82) is 0 Å². The Kier molecular flexibility index (Phi) is 4.54. The van der Waals surface area contributed by atoms with E-state index in [-0.39, 0.29) is 6.04 Å². The minimum Gasteiger partial charge on any atom is -0.486 e. The molecule has 6 heteroatoms. The Balaban J connectivity index is 1.97. The summed E-state index contributed by atoms with van der Waals surface area (Å²) in [6.45, 7) is 1.14. The van der Waals surface area contributed by atoms with E-state index in [9.17, 15) is 0 Å². The highest BCUT2D eigenvalue weighted by molar-refractivity contribution is 14.1. The molecule has 0 radical (unpaired) electrons. The summed E-state index contributed by atoms with van der Waals surface area (Å²) in [6.07, 6.45) is 0. The molecule has 21 heavy (non-hydrogen) atoms. The van der Waals surface area contributed by atoms with Gasteiger partial charge in [0.1, 0.15) is 13.2 Å². The number of hydrogen-bond donors (Lipinski definition) is 2. The number of hydrogen-bond acceptors (Lipinski definition) is 4. The molecule has 0 aliphatic carbocycles. The number of fused-ring (bicyclic) bond motifs is 1. The molecule has 1 heterocycles. The first kappa shape index (κ1) is 14.9. The summed E-state index contributed by atoms with van der Waals surface area (Å²) in [6, 6.07) is 11.6. The molecule has 3 rings (SSSR count). The highest BCUT2D eigenvalue weighted by Gasteiger charge is 2.18. The molecule has 4 nitrogen and oxygen atoms in total. The summed E-state index contributed by atoms with van der Waals surface area (Å²) >= 11 is 8.40. The van der Waals surface area contributed by atoms with E-state index in [2.05, 4.69) is 28.0 Å². The third-order valence-corrected chi connectivity index (χ3v) is 4.92. The van der Waals surface area contributed by atoms with Crippen molar-refractivity contribution in [3.05, 3.63) is 56.1 Å². The fraction of sp³-hybridized carbons (Fsp3) is 0.200.